The van der Waals surface area contributed by atoms with Crippen molar-refractivity contribution in [3.8, 4) is 5.75 Å². The van der Waals surface area contributed by atoms with Crippen LogP contribution in [0.25, 0.3) is 0 Å². The summed E-state index contributed by atoms with van der Waals surface area (Å²) in [5, 5.41) is 9.81. The molecule has 6 nitrogen and oxygen atoms in total. The minimum atomic E-state index is -3.56. The molecule has 3 rings (SSSR count). The lowest BCUT2D eigenvalue weighted by Gasteiger charge is -2.26. The average Bonchev–Trinajstić information content (AvgIpc) is 2.63. The van der Waals surface area contributed by atoms with Crippen LogP contribution in [0, 0.1) is 6.92 Å². The number of morpholine rings is 1. The molecular weight excluding hydrogens is 340 g/mol. The molecule has 1 aliphatic heterocycles. The summed E-state index contributed by atoms with van der Waals surface area (Å²) in [4.78, 5) is 4.58. The molecule has 0 aromatic heterocycles. The monoisotopic (exact) mass is 360 g/mol. The first-order valence-electron chi connectivity index (χ1n) is 7.99. The highest BCUT2D eigenvalue weighted by atomic mass is 32.2. The molecule has 0 amide bonds. The Bertz CT molecular complexity index is 888. The van der Waals surface area contributed by atoms with Gasteiger partial charge in [-0.1, -0.05) is 18.2 Å². The average molecular weight is 360 g/mol. The van der Waals surface area contributed by atoms with E-state index < -0.39 is 10.0 Å². The summed E-state index contributed by atoms with van der Waals surface area (Å²) in [6, 6.07) is 11.7. The van der Waals surface area contributed by atoms with Gasteiger partial charge in [0.2, 0.25) is 10.0 Å². The van der Waals surface area contributed by atoms with Crippen molar-refractivity contribution in [2.75, 3.05) is 26.3 Å². The van der Waals surface area contributed by atoms with Gasteiger partial charge in [-0.25, -0.2) is 8.42 Å². The lowest BCUT2D eigenvalue weighted by molar-refractivity contribution is 0.0730. The Hall–Kier alpha value is -2.22. The van der Waals surface area contributed by atoms with Crippen molar-refractivity contribution in [2.45, 2.75) is 11.8 Å². The number of hydrogen-bond donors (Lipinski definition) is 1. The van der Waals surface area contributed by atoms with Crippen molar-refractivity contribution in [3.05, 3.63) is 53.6 Å². The third kappa shape index (κ3) is 3.89. The van der Waals surface area contributed by atoms with Gasteiger partial charge in [-0.2, -0.15) is 4.31 Å². The van der Waals surface area contributed by atoms with E-state index in [0.29, 0.717) is 37.6 Å². The van der Waals surface area contributed by atoms with Gasteiger partial charge in [-0.3, -0.25) is 4.99 Å². The van der Waals surface area contributed by atoms with E-state index in [1.54, 1.807) is 42.5 Å². The van der Waals surface area contributed by atoms with Gasteiger partial charge in [-0.15, -0.1) is 0 Å². The van der Waals surface area contributed by atoms with Crippen LogP contribution in [-0.4, -0.2) is 50.3 Å². The number of aryl methyl sites for hydroxylation is 1. The zero-order chi connectivity index (χ0) is 17.9. The van der Waals surface area contributed by atoms with Crippen molar-refractivity contribution >= 4 is 21.9 Å². The molecule has 132 valence electrons. The normalized spacial score (nSPS) is 16.4. The fraction of sp³-hybridized carbons (Fsp3) is 0.278. The molecule has 0 unspecified atom stereocenters. The van der Waals surface area contributed by atoms with Gasteiger partial charge in [0, 0.05) is 24.9 Å². The SMILES string of the molecule is Cc1ccc(S(=O)(=O)N2CCOCC2)cc1N=Cc1ccccc1O. The molecule has 1 fully saturated rings. The fourth-order valence-corrected chi connectivity index (χ4v) is 3.99. The highest BCUT2D eigenvalue weighted by molar-refractivity contribution is 7.89. The standard InChI is InChI=1S/C18H20N2O4S/c1-14-6-7-16(25(22,23)20-8-10-24-11-9-20)12-17(14)19-13-15-4-2-3-5-18(15)21/h2-7,12-13,21H,8-11H2,1H3. The lowest BCUT2D eigenvalue weighted by Crippen LogP contribution is -2.40. The Morgan fingerprint density at radius 2 is 1.88 bits per heavy atom. The van der Waals surface area contributed by atoms with Crippen LogP contribution in [0.4, 0.5) is 5.69 Å². The van der Waals surface area contributed by atoms with Gasteiger partial charge >= 0.3 is 0 Å². The summed E-state index contributed by atoms with van der Waals surface area (Å²) in [5.74, 6) is 0.126. The number of phenolic OH excluding ortho intramolecular Hbond substituents is 1. The first-order valence-corrected chi connectivity index (χ1v) is 9.43. The molecule has 25 heavy (non-hydrogen) atoms. The Morgan fingerprint density at radius 1 is 1.16 bits per heavy atom. The zero-order valence-electron chi connectivity index (χ0n) is 13.9. The Balaban J connectivity index is 1.91. The fourth-order valence-electron chi connectivity index (χ4n) is 2.56. The molecule has 1 heterocycles. The van der Waals surface area contributed by atoms with Crippen molar-refractivity contribution < 1.29 is 18.3 Å². The van der Waals surface area contributed by atoms with Crippen LogP contribution in [-0.2, 0) is 14.8 Å². The Kier molecular flexibility index (Phi) is 5.17. The van der Waals surface area contributed by atoms with Gasteiger partial charge in [-0.05, 0) is 36.8 Å². The van der Waals surface area contributed by atoms with E-state index in [1.807, 2.05) is 6.92 Å². The molecule has 7 heteroatoms. The number of ether oxygens (including phenoxy) is 1. The van der Waals surface area contributed by atoms with Crippen LogP contribution in [0.15, 0.2) is 52.4 Å². The highest BCUT2D eigenvalue weighted by Gasteiger charge is 2.26. The third-order valence-electron chi connectivity index (χ3n) is 4.07. The molecule has 0 atom stereocenters. The van der Waals surface area contributed by atoms with Crippen LogP contribution in [0.2, 0.25) is 0 Å². The lowest BCUT2D eigenvalue weighted by atomic mass is 10.2. The number of para-hydroxylation sites is 1. The molecule has 0 radical (unpaired) electrons. The predicted octanol–water partition coefficient (Wildman–Crippen LogP) is 2.47. The van der Waals surface area contributed by atoms with Crippen molar-refractivity contribution in [2.24, 2.45) is 4.99 Å². The van der Waals surface area contributed by atoms with E-state index in [-0.39, 0.29) is 10.6 Å². The van der Waals surface area contributed by atoms with Gasteiger partial charge in [0.05, 0.1) is 23.8 Å². The quantitative estimate of drug-likeness (QED) is 0.850. The molecule has 0 spiro atoms. The second-order valence-corrected chi connectivity index (χ2v) is 7.72. The second kappa shape index (κ2) is 7.35. The molecule has 2 aromatic rings. The maximum atomic E-state index is 12.8. The third-order valence-corrected chi connectivity index (χ3v) is 5.96. The van der Waals surface area contributed by atoms with E-state index in [0.717, 1.165) is 5.56 Å². The van der Waals surface area contributed by atoms with Gasteiger partial charge < -0.3 is 9.84 Å². The van der Waals surface area contributed by atoms with Gasteiger partial charge in [0.1, 0.15) is 5.75 Å². The number of phenols is 1. The van der Waals surface area contributed by atoms with Crippen molar-refractivity contribution in [1.82, 2.24) is 4.31 Å². The molecule has 0 saturated carbocycles. The maximum Gasteiger partial charge on any atom is 0.243 e. The molecular formula is C18H20N2O4S. The van der Waals surface area contributed by atoms with Crippen LogP contribution in [0.1, 0.15) is 11.1 Å². The molecule has 2 aromatic carbocycles. The Labute approximate surface area is 147 Å². The summed E-state index contributed by atoms with van der Waals surface area (Å²) in [5.41, 5.74) is 1.98. The number of aliphatic imine (C=N–C) groups is 1. The van der Waals surface area contributed by atoms with Crippen molar-refractivity contribution in [1.29, 1.82) is 0 Å². The summed E-state index contributed by atoms with van der Waals surface area (Å²) < 4.78 is 32.2. The zero-order valence-corrected chi connectivity index (χ0v) is 14.7. The number of benzene rings is 2. The summed E-state index contributed by atoms with van der Waals surface area (Å²) >= 11 is 0. The van der Waals surface area contributed by atoms with E-state index in [2.05, 4.69) is 4.99 Å². The number of sulfonamides is 1. The van der Waals surface area contributed by atoms with E-state index in [4.69, 9.17) is 4.74 Å². The van der Waals surface area contributed by atoms with E-state index in [9.17, 15) is 13.5 Å². The smallest absolute Gasteiger partial charge is 0.243 e. The first-order chi connectivity index (χ1) is 12.0. The number of aromatic hydroxyl groups is 1. The van der Waals surface area contributed by atoms with Crippen molar-refractivity contribution in [3.63, 3.8) is 0 Å². The van der Waals surface area contributed by atoms with Crippen LogP contribution in [0.5, 0.6) is 5.75 Å². The number of nitrogens with zero attached hydrogens (tertiary/aromatic N) is 2. The van der Waals surface area contributed by atoms with E-state index in [1.165, 1.54) is 10.5 Å². The minimum absolute atomic E-state index is 0.126. The molecule has 1 N–H and O–H groups in total. The topological polar surface area (TPSA) is 79.2 Å². The first kappa shape index (κ1) is 17.6. The van der Waals surface area contributed by atoms with Crippen LogP contribution in [0.3, 0.4) is 0 Å². The number of hydrogen-bond acceptors (Lipinski definition) is 5. The van der Waals surface area contributed by atoms with Gasteiger partial charge in [0.15, 0.2) is 0 Å². The highest BCUT2D eigenvalue weighted by Crippen LogP contribution is 2.26. The summed E-state index contributed by atoms with van der Waals surface area (Å²) in [6.07, 6.45) is 1.53. The van der Waals surface area contributed by atoms with Gasteiger partial charge in [0.25, 0.3) is 0 Å². The summed E-state index contributed by atoms with van der Waals surface area (Å²) in [6.45, 7) is 3.38. The molecule has 1 aliphatic rings. The number of rotatable bonds is 4. The molecule has 0 bridgehead atoms. The molecule has 0 aliphatic carbocycles. The van der Waals surface area contributed by atoms with Crippen LogP contribution < -0.4 is 0 Å². The second-order valence-electron chi connectivity index (χ2n) is 5.78. The maximum absolute atomic E-state index is 12.8. The molecule has 1 saturated heterocycles. The summed E-state index contributed by atoms with van der Waals surface area (Å²) in [7, 11) is -3.56. The largest absolute Gasteiger partial charge is 0.507 e. The van der Waals surface area contributed by atoms with E-state index >= 15 is 0 Å². The predicted molar refractivity (Wildman–Crippen MR) is 96.1 cm³/mol. The minimum Gasteiger partial charge on any atom is -0.507 e. The van der Waals surface area contributed by atoms with Crippen LogP contribution >= 0.6 is 0 Å². The Morgan fingerprint density at radius 3 is 2.60 bits per heavy atom.